The quantitative estimate of drug-likeness (QED) is 0.595. The van der Waals surface area contributed by atoms with E-state index in [1.54, 1.807) is 6.26 Å². The molecule has 2 saturated carbocycles. The fourth-order valence-corrected chi connectivity index (χ4v) is 6.71. The highest BCUT2D eigenvalue weighted by Gasteiger charge is 2.78. The Kier molecular flexibility index (Phi) is 4.40. The van der Waals surface area contributed by atoms with Crippen molar-refractivity contribution in [2.45, 2.75) is 83.1 Å². The predicted molar refractivity (Wildman–Crippen MR) is 105 cm³/mol. The first-order valence-corrected chi connectivity index (χ1v) is 11.1. The molecule has 0 radical (unpaired) electrons. The molecule has 0 bridgehead atoms. The van der Waals surface area contributed by atoms with Gasteiger partial charge in [0.25, 0.3) is 0 Å². The van der Waals surface area contributed by atoms with E-state index in [1.807, 2.05) is 12.1 Å². The van der Waals surface area contributed by atoms with Crippen molar-refractivity contribution in [3.8, 4) is 0 Å². The highest BCUT2D eigenvalue weighted by Crippen LogP contribution is 2.70. The van der Waals surface area contributed by atoms with Crippen LogP contribution < -0.4 is 5.32 Å². The van der Waals surface area contributed by atoms with Gasteiger partial charge in [0.2, 0.25) is 0 Å². The average Bonchev–Trinajstić information content (AvgIpc) is 3.04. The molecule has 2 saturated heterocycles. The van der Waals surface area contributed by atoms with Crippen molar-refractivity contribution in [2.75, 3.05) is 6.54 Å². The third kappa shape index (κ3) is 2.69. The highest BCUT2D eigenvalue weighted by molar-refractivity contribution is 5.76. The zero-order chi connectivity index (χ0) is 19.5. The van der Waals surface area contributed by atoms with Crippen LogP contribution >= 0.6 is 0 Å². The molecule has 5 nitrogen and oxygen atoms in total. The molecule has 0 aromatic carbocycles. The molecular formula is C23H33NO4. The van der Waals surface area contributed by atoms with Crippen LogP contribution in [0, 0.1) is 23.2 Å². The van der Waals surface area contributed by atoms with Gasteiger partial charge >= 0.3 is 5.97 Å². The van der Waals surface area contributed by atoms with Crippen molar-refractivity contribution < 1.29 is 18.7 Å². The Hall–Kier alpha value is -1.33. The molecule has 1 N–H and O–H groups in total. The van der Waals surface area contributed by atoms with Crippen LogP contribution in [-0.2, 0) is 20.7 Å². The Morgan fingerprint density at radius 1 is 1.39 bits per heavy atom. The van der Waals surface area contributed by atoms with Crippen molar-refractivity contribution >= 4 is 5.97 Å². The van der Waals surface area contributed by atoms with E-state index in [1.165, 1.54) is 19.3 Å². The van der Waals surface area contributed by atoms with Gasteiger partial charge in [-0.15, -0.1) is 0 Å². The maximum atomic E-state index is 12.7. The Labute approximate surface area is 167 Å². The first kappa shape index (κ1) is 18.7. The number of nitrogens with one attached hydrogen (secondary N) is 1. The predicted octanol–water partition coefficient (Wildman–Crippen LogP) is 3.72. The second kappa shape index (κ2) is 6.60. The number of hydrogen-bond donors (Lipinski definition) is 1. The van der Waals surface area contributed by atoms with Gasteiger partial charge in [0, 0.05) is 30.3 Å². The van der Waals surface area contributed by atoms with Gasteiger partial charge < -0.3 is 19.2 Å². The molecule has 28 heavy (non-hydrogen) atoms. The minimum atomic E-state index is -0.0842. The monoisotopic (exact) mass is 387 g/mol. The number of rotatable bonds is 6. The molecule has 1 aromatic heterocycles. The van der Waals surface area contributed by atoms with Crippen molar-refractivity contribution in [1.29, 1.82) is 0 Å². The lowest BCUT2D eigenvalue weighted by Gasteiger charge is -2.48. The molecule has 4 fully saturated rings. The number of aryl methyl sites for hydroxylation is 1. The molecule has 4 aliphatic rings. The van der Waals surface area contributed by atoms with Crippen LogP contribution in [-0.4, -0.2) is 36.4 Å². The average molecular weight is 388 g/mol. The topological polar surface area (TPSA) is 64.0 Å². The number of fused-ring (bicyclic) bond motifs is 2. The second-order valence-corrected chi connectivity index (χ2v) is 9.98. The Morgan fingerprint density at radius 3 is 3.04 bits per heavy atom. The maximum Gasteiger partial charge on any atom is 0.311 e. The van der Waals surface area contributed by atoms with Gasteiger partial charge in [0.05, 0.1) is 18.3 Å². The zero-order valence-electron chi connectivity index (χ0n) is 17.3. The summed E-state index contributed by atoms with van der Waals surface area (Å²) in [5.41, 5.74) is 0.152. The van der Waals surface area contributed by atoms with Crippen LogP contribution in [0.3, 0.4) is 0 Å². The van der Waals surface area contributed by atoms with Crippen molar-refractivity contribution in [2.24, 2.45) is 23.2 Å². The molecule has 1 aromatic rings. The largest absolute Gasteiger partial charge is 0.469 e. The van der Waals surface area contributed by atoms with E-state index < -0.39 is 0 Å². The van der Waals surface area contributed by atoms with E-state index in [2.05, 4.69) is 26.1 Å². The molecule has 1 spiro atoms. The minimum Gasteiger partial charge on any atom is -0.469 e. The first-order chi connectivity index (χ1) is 13.4. The number of esters is 1. The molecule has 2 aliphatic carbocycles. The second-order valence-electron chi connectivity index (χ2n) is 9.98. The number of furan rings is 1. The summed E-state index contributed by atoms with van der Waals surface area (Å²) in [5.74, 6) is 1.69. The summed E-state index contributed by atoms with van der Waals surface area (Å²) < 4.78 is 17.8. The molecule has 5 rings (SSSR count). The molecule has 8 atom stereocenters. The molecule has 154 valence electrons. The fraction of sp³-hybridized carbons (Fsp3) is 0.783. The number of carbonyl (C=O) groups is 1. The highest BCUT2D eigenvalue weighted by atomic mass is 16.6. The van der Waals surface area contributed by atoms with Crippen LogP contribution in [0.5, 0.6) is 0 Å². The van der Waals surface area contributed by atoms with Gasteiger partial charge in [0.1, 0.15) is 17.5 Å². The van der Waals surface area contributed by atoms with Gasteiger partial charge in [-0.1, -0.05) is 20.3 Å². The van der Waals surface area contributed by atoms with Crippen LogP contribution in [0.2, 0.25) is 0 Å². The maximum absolute atomic E-state index is 12.7. The van der Waals surface area contributed by atoms with Crippen LogP contribution in [0.15, 0.2) is 22.8 Å². The van der Waals surface area contributed by atoms with Gasteiger partial charge in [0.15, 0.2) is 0 Å². The Bertz CT molecular complexity index is 733. The van der Waals surface area contributed by atoms with Crippen LogP contribution in [0.1, 0.15) is 58.6 Å². The molecule has 0 amide bonds. The van der Waals surface area contributed by atoms with E-state index in [-0.39, 0.29) is 41.0 Å². The van der Waals surface area contributed by atoms with Gasteiger partial charge in [-0.3, -0.25) is 4.79 Å². The van der Waals surface area contributed by atoms with Crippen molar-refractivity contribution in [3.05, 3.63) is 24.2 Å². The van der Waals surface area contributed by atoms with Crippen LogP contribution in [0.4, 0.5) is 0 Å². The third-order valence-corrected chi connectivity index (χ3v) is 8.28. The normalized spacial score (nSPS) is 45.0. The molecule has 3 heterocycles. The Morgan fingerprint density at radius 2 is 2.25 bits per heavy atom. The SMILES string of the molecule is CC(CCc1ccco1)NCC1C(=O)OC2CC3(C)CCCC(C)C34OC4C21. The number of carbonyl (C=O) groups excluding carboxylic acids is 1. The third-order valence-electron chi connectivity index (χ3n) is 8.28. The summed E-state index contributed by atoms with van der Waals surface area (Å²) >= 11 is 0. The summed E-state index contributed by atoms with van der Waals surface area (Å²) in [6.45, 7) is 7.58. The fourth-order valence-electron chi connectivity index (χ4n) is 6.71. The molecule has 5 heteroatoms. The van der Waals surface area contributed by atoms with Gasteiger partial charge in [-0.25, -0.2) is 0 Å². The van der Waals surface area contributed by atoms with Gasteiger partial charge in [-0.05, 0) is 50.7 Å². The lowest BCUT2D eigenvalue weighted by Crippen LogP contribution is -2.54. The Balaban J connectivity index is 1.24. The smallest absolute Gasteiger partial charge is 0.311 e. The lowest BCUT2D eigenvalue weighted by molar-refractivity contribution is -0.146. The number of hydrogen-bond acceptors (Lipinski definition) is 5. The van der Waals surface area contributed by atoms with Crippen molar-refractivity contribution in [1.82, 2.24) is 5.32 Å². The van der Waals surface area contributed by atoms with Crippen LogP contribution in [0.25, 0.3) is 0 Å². The number of ether oxygens (including phenoxy) is 2. The summed E-state index contributed by atoms with van der Waals surface area (Å²) in [4.78, 5) is 12.7. The van der Waals surface area contributed by atoms with E-state index in [0.717, 1.165) is 25.0 Å². The molecule has 2 aliphatic heterocycles. The summed E-state index contributed by atoms with van der Waals surface area (Å²) in [6, 6.07) is 4.27. The summed E-state index contributed by atoms with van der Waals surface area (Å²) in [5, 5.41) is 3.58. The molecular weight excluding hydrogens is 354 g/mol. The lowest BCUT2D eigenvalue weighted by atomic mass is 9.53. The molecule has 8 unspecified atom stereocenters. The first-order valence-electron chi connectivity index (χ1n) is 11.1. The minimum absolute atomic E-state index is 0.0104. The standard InChI is InChI=1S/C23H33NO4/c1-14-6-4-10-22(3)12-18-19(20-23(14,22)28-20)17(21(25)27-18)13-24-15(2)8-9-16-7-5-11-26-16/h5,7,11,14-15,17-20,24H,4,6,8-10,12-13H2,1-3H3. The number of epoxide rings is 1. The summed E-state index contributed by atoms with van der Waals surface area (Å²) in [6.07, 6.45) is 8.52. The van der Waals surface area contributed by atoms with E-state index in [4.69, 9.17) is 13.9 Å². The zero-order valence-corrected chi connectivity index (χ0v) is 17.3. The van der Waals surface area contributed by atoms with E-state index in [9.17, 15) is 4.79 Å². The van der Waals surface area contributed by atoms with E-state index >= 15 is 0 Å². The van der Waals surface area contributed by atoms with Crippen molar-refractivity contribution in [3.63, 3.8) is 0 Å². The summed E-state index contributed by atoms with van der Waals surface area (Å²) in [7, 11) is 0. The van der Waals surface area contributed by atoms with E-state index in [0.29, 0.717) is 18.5 Å². The van der Waals surface area contributed by atoms with Gasteiger partial charge in [-0.2, -0.15) is 0 Å².